The topological polar surface area (TPSA) is 98.7 Å². The summed E-state index contributed by atoms with van der Waals surface area (Å²) in [5.41, 5.74) is 2.44. The Hall–Kier alpha value is -3.94. The molecule has 32 heavy (non-hydrogen) atoms. The molecule has 0 bridgehead atoms. The number of piperidine rings is 1. The van der Waals surface area contributed by atoms with Crippen molar-refractivity contribution < 1.29 is 23.2 Å². The van der Waals surface area contributed by atoms with Gasteiger partial charge >= 0.3 is 5.97 Å². The maximum atomic E-state index is 12.6. The number of likely N-dealkylation sites (tertiary alicyclic amines) is 1. The number of nitrogens with zero attached hydrogens (tertiary/aromatic N) is 3. The second kappa shape index (κ2) is 8.66. The third-order valence-electron chi connectivity index (χ3n) is 5.44. The zero-order valence-corrected chi connectivity index (χ0v) is 17.3. The third-order valence-corrected chi connectivity index (χ3v) is 5.44. The van der Waals surface area contributed by atoms with Crippen LogP contribution in [0.5, 0.6) is 0 Å². The van der Waals surface area contributed by atoms with Crippen molar-refractivity contribution in [3.05, 3.63) is 60.6 Å². The highest BCUT2D eigenvalue weighted by Crippen LogP contribution is 2.31. The minimum Gasteiger partial charge on any atom is -0.463 e. The van der Waals surface area contributed by atoms with Gasteiger partial charge in [-0.25, -0.2) is 14.8 Å². The summed E-state index contributed by atoms with van der Waals surface area (Å²) in [5, 5.41) is 0. The van der Waals surface area contributed by atoms with Gasteiger partial charge in [-0.3, -0.25) is 4.79 Å². The Kier molecular flexibility index (Phi) is 5.41. The van der Waals surface area contributed by atoms with Gasteiger partial charge in [0.2, 0.25) is 0 Å². The molecule has 1 saturated heterocycles. The molecule has 1 aliphatic heterocycles. The second-order valence-corrected chi connectivity index (χ2v) is 7.60. The van der Waals surface area contributed by atoms with Gasteiger partial charge in [0, 0.05) is 13.1 Å². The summed E-state index contributed by atoms with van der Waals surface area (Å²) in [6.45, 7) is 1.17. The first-order valence-corrected chi connectivity index (χ1v) is 10.5. The van der Waals surface area contributed by atoms with Gasteiger partial charge in [-0.05, 0) is 61.7 Å². The fourth-order valence-corrected chi connectivity index (χ4v) is 3.80. The number of ether oxygens (including phenoxy) is 1. The van der Waals surface area contributed by atoms with E-state index in [1.54, 1.807) is 59.9 Å². The van der Waals surface area contributed by atoms with Crippen LogP contribution in [0.15, 0.2) is 63.8 Å². The van der Waals surface area contributed by atoms with Crippen molar-refractivity contribution in [2.24, 2.45) is 0 Å². The van der Waals surface area contributed by atoms with Gasteiger partial charge in [0.05, 0.1) is 29.1 Å². The Bertz CT molecular complexity index is 1240. The van der Waals surface area contributed by atoms with E-state index in [1.807, 2.05) is 0 Å². The Morgan fingerprint density at radius 2 is 1.53 bits per heavy atom. The van der Waals surface area contributed by atoms with Crippen LogP contribution in [-0.4, -0.2) is 46.4 Å². The number of fused-ring (bicyclic) bond motifs is 1. The molecule has 1 aliphatic rings. The molecule has 5 rings (SSSR count). The number of aromatic nitrogens is 2. The summed E-state index contributed by atoms with van der Waals surface area (Å²) in [5.74, 6) is 0.354. The van der Waals surface area contributed by atoms with Crippen molar-refractivity contribution in [2.75, 3.05) is 19.7 Å². The van der Waals surface area contributed by atoms with Crippen molar-refractivity contribution in [2.45, 2.75) is 19.3 Å². The van der Waals surface area contributed by atoms with E-state index in [-0.39, 0.29) is 12.5 Å². The molecule has 0 N–H and O–H groups in total. The Balaban J connectivity index is 1.41. The molecule has 4 aromatic rings. The number of carbonyl (C=O) groups is 2. The monoisotopic (exact) mass is 431 g/mol. The van der Waals surface area contributed by atoms with Gasteiger partial charge in [-0.15, -0.1) is 0 Å². The van der Waals surface area contributed by atoms with Gasteiger partial charge in [-0.2, -0.15) is 0 Å². The lowest BCUT2D eigenvalue weighted by molar-refractivity contribution is -0.135. The molecular weight excluding hydrogens is 410 g/mol. The first-order valence-electron chi connectivity index (χ1n) is 10.5. The molecule has 0 saturated carbocycles. The van der Waals surface area contributed by atoms with E-state index in [2.05, 4.69) is 9.97 Å². The van der Waals surface area contributed by atoms with Gasteiger partial charge < -0.3 is 18.5 Å². The number of amides is 1. The highest BCUT2D eigenvalue weighted by atomic mass is 16.5. The van der Waals surface area contributed by atoms with Crippen molar-refractivity contribution in [3.63, 3.8) is 0 Å². The van der Waals surface area contributed by atoms with Gasteiger partial charge in [0.1, 0.15) is 11.4 Å². The van der Waals surface area contributed by atoms with E-state index in [4.69, 9.17) is 13.6 Å². The van der Waals surface area contributed by atoms with Crippen molar-refractivity contribution in [1.82, 2.24) is 14.9 Å². The molecule has 1 aromatic carbocycles. The molecule has 1 fully saturated rings. The SMILES string of the molecule is O=C(OCC(=O)N1CCCCC1)c1ccc2nc(-c3ccco3)c(-c3ccco3)nc2c1. The lowest BCUT2D eigenvalue weighted by Crippen LogP contribution is -2.38. The highest BCUT2D eigenvalue weighted by Gasteiger charge is 2.20. The number of hydrogen-bond acceptors (Lipinski definition) is 7. The summed E-state index contributed by atoms with van der Waals surface area (Å²) < 4.78 is 16.3. The zero-order valence-electron chi connectivity index (χ0n) is 17.3. The van der Waals surface area contributed by atoms with Crippen LogP contribution in [0.25, 0.3) is 33.9 Å². The number of rotatable bonds is 5. The summed E-state index contributed by atoms with van der Waals surface area (Å²) in [6.07, 6.45) is 6.23. The van der Waals surface area contributed by atoms with E-state index in [9.17, 15) is 9.59 Å². The lowest BCUT2D eigenvalue weighted by Gasteiger charge is -2.26. The number of benzene rings is 1. The fraction of sp³-hybridized carbons (Fsp3) is 0.250. The van der Waals surface area contributed by atoms with E-state index in [0.29, 0.717) is 39.5 Å². The molecule has 0 atom stereocenters. The van der Waals surface area contributed by atoms with Gasteiger partial charge in [-0.1, -0.05) is 0 Å². The Labute approximate surface area is 183 Å². The molecule has 4 heterocycles. The van der Waals surface area contributed by atoms with Crippen LogP contribution >= 0.6 is 0 Å². The van der Waals surface area contributed by atoms with Crippen LogP contribution in [0.3, 0.4) is 0 Å². The predicted octanol–water partition coefficient (Wildman–Crippen LogP) is 4.32. The van der Waals surface area contributed by atoms with Crippen molar-refractivity contribution in [3.8, 4) is 22.9 Å². The highest BCUT2D eigenvalue weighted by molar-refractivity contribution is 5.95. The maximum Gasteiger partial charge on any atom is 0.338 e. The van der Waals surface area contributed by atoms with Crippen LogP contribution in [-0.2, 0) is 9.53 Å². The summed E-state index contributed by atoms with van der Waals surface area (Å²) in [7, 11) is 0. The molecule has 8 nitrogen and oxygen atoms in total. The van der Waals surface area contributed by atoms with Crippen LogP contribution in [0.2, 0.25) is 0 Å². The van der Waals surface area contributed by atoms with Gasteiger partial charge in [0.25, 0.3) is 5.91 Å². The van der Waals surface area contributed by atoms with Crippen LogP contribution < -0.4 is 0 Å². The van der Waals surface area contributed by atoms with Crippen LogP contribution in [0.1, 0.15) is 29.6 Å². The Morgan fingerprint density at radius 1 is 0.875 bits per heavy atom. The summed E-state index contributed by atoms with van der Waals surface area (Å²) in [6, 6.07) is 12.0. The predicted molar refractivity (Wildman–Crippen MR) is 116 cm³/mol. The molecule has 0 radical (unpaired) electrons. The largest absolute Gasteiger partial charge is 0.463 e. The van der Waals surface area contributed by atoms with Crippen LogP contribution in [0.4, 0.5) is 0 Å². The zero-order chi connectivity index (χ0) is 21.9. The normalized spacial score (nSPS) is 13.9. The lowest BCUT2D eigenvalue weighted by atomic mass is 10.1. The number of furan rings is 2. The molecular formula is C24H21N3O5. The molecule has 0 aliphatic carbocycles. The van der Waals surface area contributed by atoms with E-state index in [0.717, 1.165) is 32.4 Å². The number of carbonyl (C=O) groups excluding carboxylic acids is 2. The number of hydrogen-bond donors (Lipinski definition) is 0. The van der Waals surface area contributed by atoms with E-state index >= 15 is 0 Å². The molecule has 0 unspecified atom stereocenters. The van der Waals surface area contributed by atoms with E-state index in [1.165, 1.54) is 0 Å². The van der Waals surface area contributed by atoms with Crippen molar-refractivity contribution >= 4 is 22.9 Å². The molecule has 3 aromatic heterocycles. The fourth-order valence-electron chi connectivity index (χ4n) is 3.80. The van der Waals surface area contributed by atoms with Crippen LogP contribution in [0, 0.1) is 0 Å². The maximum absolute atomic E-state index is 12.6. The molecule has 0 spiro atoms. The first kappa shape index (κ1) is 20.0. The number of esters is 1. The first-order chi connectivity index (χ1) is 15.7. The minimum absolute atomic E-state index is 0.165. The molecule has 162 valence electrons. The third kappa shape index (κ3) is 3.99. The van der Waals surface area contributed by atoms with Gasteiger partial charge in [0.15, 0.2) is 18.1 Å². The average molecular weight is 431 g/mol. The smallest absolute Gasteiger partial charge is 0.338 e. The standard InChI is InChI=1S/C24H21N3O5/c28-21(27-10-2-1-3-11-27)15-32-24(29)16-8-9-17-18(14-16)26-23(20-7-5-13-31-20)22(25-17)19-6-4-12-30-19/h4-9,12-14H,1-3,10-11,15H2. The quantitative estimate of drug-likeness (QED) is 0.434. The molecule has 8 heteroatoms. The van der Waals surface area contributed by atoms with Crippen molar-refractivity contribution in [1.29, 1.82) is 0 Å². The summed E-state index contributed by atoms with van der Waals surface area (Å²) in [4.78, 5) is 36.0. The molecule has 1 amide bonds. The second-order valence-electron chi connectivity index (χ2n) is 7.60. The Morgan fingerprint density at radius 3 is 2.16 bits per heavy atom. The average Bonchev–Trinajstić information content (AvgIpc) is 3.56. The minimum atomic E-state index is -0.575. The summed E-state index contributed by atoms with van der Waals surface area (Å²) >= 11 is 0. The van der Waals surface area contributed by atoms with E-state index < -0.39 is 5.97 Å².